The predicted molar refractivity (Wildman–Crippen MR) is 124 cm³/mol. The van der Waals surface area contributed by atoms with Crippen molar-refractivity contribution in [2.45, 2.75) is 31.7 Å². The molecule has 32 heavy (non-hydrogen) atoms. The Bertz CT molecular complexity index is 1010. The van der Waals surface area contributed by atoms with Crippen LogP contribution in [0.15, 0.2) is 48.5 Å². The minimum Gasteiger partial charge on any atom is -0.379 e. The van der Waals surface area contributed by atoms with E-state index in [9.17, 15) is 13.2 Å². The number of morpholine rings is 1. The van der Waals surface area contributed by atoms with Crippen LogP contribution < -0.4 is 5.32 Å². The number of ether oxygens (including phenoxy) is 1. The van der Waals surface area contributed by atoms with E-state index < -0.39 is 10.0 Å². The molecule has 2 saturated heterocycles. The van der Waals surface area contributed by atoms with Gasteiger partial charge in [-0.05, 0) is 54.8 Å². The van der Waals surface area contributed by atoms with Crippen molar-refractivity contribution in [3.63, 3.8) is 0 Å². The smallest absolute Gasteiger partial charge is 0.251 e. The van der Waals surface area contributed by atoms with Gasteiger partial charge in [0.15, 0.2) is 0 Å². The lowest BCUT2D eigenvalue weighted by molar-refractivity contribution is 0.0729. The van der Waals surface area contributed by atoms with E-state index in [1.54, 1.807) is 24.3 Å². The zero-order valence-electron chi connectivity index (χ0n) is 18.3. The SMILES string of the molecule is O=C(NCc1ccccc1CN1CCCC1)c1ccc(CS(=O)(=O)N2CCOCC2)cc1. The molecule has 2 heterocycles. The van der Waals surface area contributed by atoms with E-state index in [4.69, 9.17) is 4.74 Å². The number of hydrogen-bond donors (Lipinski definition) is 1. The fourth-order valence-electron chi connectivity index (χ4n) is 4.22. The number of amides is 1. The van der Waals surface area contributed by atoms with Crippen LogP contribution in [0, 0.1) is 0 Å². The van der Waals surface area contributed by atoms with Crippen LogP contribution in [0.4, 0.5) is 0 Å². The van der Waals surface area contributed by atoms with Gasteiger partial charge in [-0.15, -0.1) is 0 Å². The monoisotopic (exact) mass is 457 g/mol. The molecule has 2 aliphatic rings. The van der Waals surface area contributed by atoms with Crippen LogP contribution in [-0.4, -0.2) is 62.9 Å². The Balaban J connectivity index is 1.33. The van der Waals surface area contributed by atoms with Gasteiger partial charge in [0.25, 0.3) is 5.91 Å². The third-order valence-electron chi connectivity index (χ3n) is 6.08. The summed E-state index contributed by atoms with van der Waals surface area (Å²) in [6.07, 6.45) is 2.51. The fraction of sp³-hybridized carbons (Fsp3) is 0.458. The molecule has 7 nitrogen and oxygen atoms in total. The zero-order chi connectivity index (χ0) is 22.4. The second-order valence-electron chi connectivity index (χ2n) is 8.40. The third kappa shape index (κ3) is 5.95. The summed E-state index contributed by atoms with van der Waals surface area (Å²) < 4.78 is 31.9. The first-order valence-corrected chi connectivity index (χ1v) is 12.8. The molecule has 2 aromatic carbocycles. The Kier molecular flexibility index (Phi) is 7.57. The highest BCUT2D eigenvalue weighted by molar-refractivity contribution is 7.88. The number of nitrogens with zero attached hydrogens (tertiary/aromatic N) is 2. The Labute approximate surface area is 190 Å². The maximum Gasteiger partial charge on any atom is 0.251 e. The highest BCUT2D eigenvalue weighted by Gasteiger charge is 2.24. The summed E-state index contributed by atoms with van der Waals surface area (Å²) >= 11 is 0. The number of benzene rings is 2. The van der Waals surface area contributed by atoms with Crippen molar-refractivity contribution in [2.75, 3.05) is 39.4 Å². The number of hydrogen-bond acceptors (Lipinski definition) is 5. The summed E-state index contributed by atoms with van der Waals surface area (Å²) in [6, 6.07) is 15.0. The van der Waals surface area contributed by atoms with E-state index >= 15 is 0 Å². The summed E-state index contributed by atoms with van der Waals surface area (Å²) in [5.74, 6) is -0.234. The summed E-state index contributed by atoms with van der Waals surface area (Å²) in [4.78, 5) is 15.1. The fourth-order valence-corrected chi connectivity index (χ4v) is 5.72. The van der Waals surface area contributed by atoms with E-state index in [1.807, 2.05) is 12.1 Å². The maximum atomic E-state index is 12.7. The van der Waals surface area contributed by atoms with Crippen molar-refractivity contribution in [2.24, 2.45) is 0 Å². The second kappa shape index (κ2) is 10.6. The number of nitrogens with one attached hydrogen (secondary N) is 1. The van der Waals surface area contributed by atoms with Gasteiger partial charge in [-0.25, -0.2) is 8.42 Å². The average molecular weight is 458 g/mol. The molecule has 2 fully saturated rings. The maximum absolute atomic E-state index is 12.7. The van der Waals surface area contributed by atoms with E-state index in [0.717, 1.165) is 25.2 Å². The molecule has 2 aliphatic heterocycles. The minimum atomic E-state index is -3.38. The minimum absolute atomic E-state index is 0.0707. The molecule has 0 spiro atoms. The first-order chi connectivity index (χ1) is 15.5. The predicted octanol–water partition coefficient (Wildman–Crippen LogP) is 2.37. The van der Waals surface area contributed by atoms with Gasteiger partial charge in [-0.1, -0.05) is 36.4 Å². The molecule has 0 saturated carbocycles. The van der Waals surface area contributed by atoms with Crippen LogP contribution in [0.25, 0.3) is 0 Å². The first-order valence-electron chi connectivity index (χ1n) is 11.2. The number of sulfonamides is 1. The zero-order valence-corrected chi connectivity index (χ0v) is 19.1. The molecule has 0 aromatic heterocycles. The lowest BCUT2D eigenvalue weighted by Gasteiger charge is -2.26. The van der Waals surface area contributed by atoms with E-state index in [0.29, 0.717) is 44.0 Å². The lowest BCUT2D eigenvalue weighted by atomic mass is 10.1. The van der Waals surface area contributed by atoms with Crippen molar-refractivity contribution in [1.29, 1.82) is 0 Å². The Morgan fingerprint density at radius 1 is 0.906 bits per heavy atom. The standard InChI is InChI=1S/C24H31N3O4S/c28-24(25-17-22-5-1-2-6-23(22)18-26-11-3-4-12-26)21-9-7-20(8-10-21)19-32(29,30)27-13-15-31-16-14-27/h1-2,5-10H,3-4,11-19H2,(H,25,28). The molecule has 0 atom stereocenters. The molecule has 4 rings (SSSR count). The number of carbonyl (C=O) groups excluding carboxylic acids is 1. The normalized spacial score (nSPS) is 18.0. The number of rotatable bonds is 8. The second-order valence-corrected chi connectivity index (χ2v) is 10.4. The van der Waals surface area contributed by atoms with Gasteiger partial charge in [-0.2, -0.15) is 4.31 Å². The Morgan fingerprint density at radius 3 is 2.25 bits per heavy atom. The topological polar surface area (TPSA) is 79.0 Å². The van der Waals surface area contributed by atoms with Crippen molar-refractivity contribution in [3.8, 4) is 0 Å². The summed E-state index contributed by atoms with van der Waals surface area (Å²) in [5, 5.41) is 3.00. The van der Waals surface area contributed by atoms with Gasteiger partial charge in [0.05, 0.1) is 19.0 Å². The molecule has 0 radical (unpaired) electrons. The van der Waals surface area contributed by atoms with Crippen LogP contribution >= 0.6 is 0 Å². The van der Waals surface area contributed by atoms with E-state index in [-0.39, 0.29) is 11.7 Å². The van der Waals surface area contributed by atoms with E-state index in [1.165, 1.54) is 22.7 Å². The quantitative estimate of drug-likeness (QED) is 0.659. The molecule has 8 heteroatoms. The molecule has 1 N–H and O–H groups in total. The number of likely N-dealkylation sites (tertiary alicyclic amines) is 1. The van der Waals surface area contributed by atoms with Gasteiger partial charge in [0.2, 0.25) is 10.0 Å². The molecule has 172 valence electrons. The largest absolute Gasteiger partial charge is 0.379 e. The Hall–Kier alpha value is -2.26. The molecule has 0 aliphatic carbocycles. The van der Waals surface area contributed by atoms with Gasteiger partial charge >= 0.3 is 0 Å². The van der Waals surface area contributed by atoms with Crippen molar-refractivity contribution >= 4 is 15.9 Å². The van der Waals surface area contributed by atoms with Crippen molar-refractivity contribution in [1.82, 2.24) is 14.5 Å². The molecule has 2 aromatic rings. The van der Waals surface area contributed by atoms with Crippen molar-refractivity contribution in [3.05, 3.63) is 70.8 Å². The Morgan fingerprint density at radius 2 is 1.56 bits per heavy atom. The van der Waals surface area contributed by atoms with Crippen molar-refractivity contribution < 1.29 is 17.9 Å². The lowest BCUT2D eigenvalue weighted by Crippen LogP contribution is -2.41. The van der Waals surface area contributed by atoms with Gasteiger partial charge in [0.1, 0.15) is 0 Å². The van der Waals surface area contributed by atoms with Gasteiger partial charge in [0, 0.05) is 31.7 Å². The van der Waals surface area contributed by atoms with Crippen LogP contribution in [0.3, 0.4) is 0 Å². The average Bonchev–Trinajstić information content (AvgIpc) is 3.32. The highest BCUT2D eigenvalue weighted by Crippen LogP contribution is 2.17. The molecule has 0 bridgehead atoms. The summed E-state index contributed by atoms with van der Waals surface area (Å²) in [5.41, 5.74) is 3.57. The van der Waals surface area contributed by atoms with Gasteiger partial charge in [-0.3, -0.25) is 9.69 Å². The first kappa shape index (κ1) is 22.9. The number of carbonyl (C=O) groups is 1. The molecule has 1 amide bonds. The third-order valence-corrected chi connectivity index (χ3v) is 7.93. The summed E-state index contributed by atoms with van der Waals surface area (Å²) in [6.45, 7) is 5.29. The molecular weight excluding hydrogens is 426 g/mol. The van der Waals surface area contributed by atoms with Crippen LogP contribution in [-0.2, 0) is 33.6 Å². The molecular formula is C24H31N3O4S. The van der Waals surface area contributed by atoms with E-state index in [2.05, 4.69) is 22.3 Å². The van der Waals surface area contributed by atoms with Crippen LogP contribution in [0.5, 0.6) is 0 Å². The van der Waals surface area contributed by atoms with Gasteiger partial charge < -0.3 is 10.1 Å². The van der Waals surface area contributed by atoms with Crippen LogP contribution in [0.2, 0.25) is 0 Å². The van der Waals surface area contributed by atoms with Crippen LogP contribution in [0.1, 0.15) is 39.9 Å². The highest BCUT2D eigenvalue weighted by atomic mass is 32.2. The summed E-state index contributed by atoms with van der Waals surface area (Å²) in [7, 11) is -3.38. The molecule has 0 unspecified atom stereocenters.